The summed E-state index contributed by atoms with van der Waals surface area (Å²) in [5.41, 5.74) is 8.79. The van der Waals surface area contributed by atoms with E-state index in [9.17, 15) is 0 Å². The molecule has 0 atom stereocenters. The van der Waals surface area contributed by atoms with Crippen LogP contribution in [0.3, 0.4) is 0 Å². The van der Waals surface area contributed by atoms with Gasteiger partial charge in [-0.1, -0.05) is 0 Å². The molecule has 0 radical (unpaired) electrons. The number of nitrogens with zero attached hydrogens (tertiary/aromatic N) is 2. The summed E-state index contributed by atoms with van der Waals surface area (Å²) in [5, 5.41) is 4.30. The topological polar surface area (TPSA) is 63.3 Å². The quantitative estimate of drug-likeness (QED) is 0.335. The third-order valence-electron chi connectivity index (χ3n) is 1.14. The van der Waals surface area contributed by atoms with Gasteiger partial charge in [0.25, 0.3) is 0 Å². The second-order valence-electron chi connectivity index (χ2n) is 2.06. The molecule has 4 nitrogen and oxygen atoms in total. The summed E-state index contributed by atoms with van der Waals surface area (Å²) in [6, 6.07) is 5.58. The predicted molar refractivity (Wildman–Crippen MR) is 51.8 cm³/mol. The van der Waals surface area contributed by atoms with Crippen molar-refractivity contribution in [2.75, 3.05) is 0 Å². The van der Waals surface area contributed by atoms with E-state index in [1.807, 2.05) is 18.2 Å². The molecule has 0 fully saturated rings. The molecule has 0 aliphatic rings. The normalized spacial score (nSPS) is 10.0. The molecule has 0 aliphatic carbocycles. The van der Waals surface area contributed by atoms with Gasteiger partial charge in [-0.05, 0) is 0 Å². The number of pyridine rings is 1. The third kappa shape index (κ3) is 4.10. The van der Waals surface area contributed by atoms with Crippen molar-refractivity contribution in [3.63, 3.8) is 0 Å². The van der Waals surface area contributed by atoms with E-state index in [-0.39, 0.29) is 0 Å². The number of hydrogen-bond donors (Lipinski definition) is 2. The Morgan fingerprint density at radius 3 is 3.15 bits per heavy atom. The van der Waals surface area contributed by atoms with E-state index in [0.29, 0.717) is 5.11 Å². The number of aromatic nitrogens is 1. The predicted octanol–water partition coefficient (Wildman–Crippen LogP) is 0.246. The summed E-state index contributed by atoms with van der Waals surface area (Å²) in [5.74, 6) is 0. The van der Waals surface area contributed by atoms with Gasteiger partial charge in [-0.2, -0.15) is 0 Å². The monoisotopic (exact) mass is 236 g/mol. The van der Waals surface area contributed by atoms with Crippen LogP contribution in [0.1, 0.15) is 5.69 Å². The molecule has 13 heavy (non-hydrogen) atoms. The molecule has 3 N–H and O–H groups in total. The van der Waals surface area contributed by atoms with Gasteiger partial charge in [-0.25, -0.2) is 0 Å². The van der Waals surface area contributed by atoms with Gasteiger partial charge in [0.15, 0.2) is 0 Å². The van der Waals surface area contributed by atoms with Crippen LogP contribution in [0.2, 0.25) is 0 Å². The molecule has 0 aromatic carbocycles. The molecule has 0 unspecified atom stereocenters. The second kappa shape index (κ2) is 5.77. The first-order chi connectivity index (χ1) is 6.33. The average molecular weight is 236 g/mol. The minimum absolute atomic E-state index is 0.451. The number of hydrazone groups is 1. The Kier molecular flexibility index (Phi) is 4.56. The Labute approximate surface area is 86.5 Å². The molecule has 0 aliphatic heterocycles. The third-order valence-corrected chi connectivity index (χ3v) is 2.11. The first-order valence-corrected chi connectivity index (χ1v) is 5.48. The first kappa shape index (κ1) is 10.3. The molecular formula is C7H8FeN4S. The second-order valence-corrected chi connectivity index (χ2v) is 3.32. The summed E-state index contributed by atoms with van der Waals surface area (Å²) in [4.78, 5) is 4.04. The van der Waals surface area contributed by atoms with Crippen molar-refractivity contribution in [1.29, 1.82) is 0 Å². The van der Waals surface area contributed by atoms with Crippen molar-refractivity contribution in [3.05, 3.63) is 30.1 Å². The summed E-state index contributed by atoms with van der Waals surface area (Å²) in [6.45, 7) is 0. The summed E-state index contributed by atoms with van der Waals surface area (Å²) in [7, 11) is 1.16. The number of nitrogens with one attached hydrogen (secondary N) is 1. The Hall–Kier alpha value is -0.811. The molecule has 1 aromatic heterocycles. The summed E-state index contributed by atoms with van der Waals surface area (Å²) in [6.07, 6.45) is 3.29. The van der Waals surface area contributed by atoms with Crippen LogP contribution in [0.4, 0.5) is 0 Å². The van der Waals surface area contributed by atoms with Gasteiger partial charge >= 0.3 is 86.3 Å². The SMILES string of the molecule is NC(N/N=C/c1ccccn1)=[S]=[Fe]. The van der Waals surface area contributed by atoms with Gasteiger partial charge < -0.3 is 0 Å². The Morgan fingerprint density at radius 2 is 2.54 bits per heavy atom. The van der Waals surface area contributed by atoms with E-state index >= 15 is 0 Å². The van der Waals surface area contributed by atoms with Gasteiger partial charge in [0, 0.05) is 0 Å². The number of rotatable bonds is 2. The molecule has 0 bridgehead atoms. The van der Waals surface area contributed by atoms with Crippen molar-refractivity contribution in [3.8, 4) is 0 Å². The summed E-state index contributed by atoms with van der Waals surface area (Å²) < 4.78 is 0. The zero-order chi connectivity index (χ0) is 9.52. The molecule has 0 spiro atoms. The molecule has 0 amide bonds. The molecule has 1 rings (SSSR count). The summed E-state index contributed by atoms with van der Waals surface area (Å²) >= 11 is 3.51. The van der Waals surface area contributed by atoms with Crippen LogP contribution in [0.15, 0.2) is 29.5 Å². The van der Waals surface area contributed by atoms with E-state index < -0.39 is 0 Å². The first-order valence-electron chi connectivity index (χ1n) is 3.43. The van der Waals surface area contributed by atoms with Crippen molar-refractivity contribution < 1.29 is 14.4 Å². The molecule has 0 saturated carbocycles. The molecule has 70 valence electrons. The van der Waals surface area contributed by atoms with Crippen LogP contribution in [0.5, 0.6) is 0 Å². The fourth-order valence-corrected chi connectivity index (χ4v) is 0.867. The van der Waals surface area contributed by atoms with Crippen LogP contribution in [-0.4, -0.2) is 16.3 Å². The number of hydrogen-bond acceptors (Lipinski definition) is 2. The number of nitrogens with two attached hydrogens (primary N) is 1. The van der Waals surface area contributed by atoms with Gasteiger partial charge in [0.1, 0.15) is 0 Å². The fraction of sp³-hybridized carbons (Fsp3) is 0. The molecular weight excluding hydrogens is 228 g/mol. The van der Waals surface area contributed by atoms with Crippen LogP contribution in [0.25, 0.3) is 0 Å². The minimum atomic E-state index is 0.451. The maximum absolute atomic E-state index is 5.41. The van der Waals surface area contributed by atoms with Gasteiger partial charge in [-0.15, -0.1) is 0 Å². The average Bonchev–Trinajstić information content (AvgIpc) is 2.19. The van der Waals surface area contributed by atoms with Crippen LogP contribution >= 0.6 is 9.27 Å². The van der Waals surface area contributed by atoms with E-state index in [4.69, 9.17) is 5.73 Å². The van der Waals surface area contributed by atoms with Crippen LogP contribution in [0, 0.1) is 0 Å². The maximum atomic E-state index is 5.41. The molecule has 1 heterocycles. The molecule has 0 saturated heterocycles. The van der Waals surface area contributed by atoms with E-state index in [2.05, 4.69) is 29.9 Å². The molecule has 6 heteroatoms. The van der Waals surface area contributed by atoms with Gasteiger partial charge in [0.2, 0.25) is 0 Å². The standard InChI is InChI=1S/C7H8N4S.Fe/c8-7(12)11-10-5-6-3-1-2-4-9-6;/h1-5H,(H3,8,11,12);/b10-5+;. The fourth-order valence-electron chi connectivity index (χ4n) is 0.631. The van der Waals surface area contributed by atoms with Gasteiger partial charge in [0.05, 0.1) is 0 Å². The van der Waals surface area contributed by atoms with Crippen molar-refractivity contribution in [2.45, 2.75) is 0 Å². The molecule has 1 aromatic rings. The van der Waals surface area contributed by atoms with Crippen LogP contribution < -0.4 is 11.2 Å². The van der Waals surface area contributed by atoms with Gasteiger partial charge in [-0.3, -0.25) is 0 Å². The zero-order valence-corrected chi connectivity index (χ0v) is 8.54. The zero-order valence-electron chi connectivity index (χ0n) is 6.62. The van der Waals surface area contributed by atoms with Crippen LogP contribution in [-0.2, 0) is 14.4 Å². The van der Waals surface area contributed by atoms with Crippen molar-refractivity contribution in [2.24, 2.45) is 10.8 Å². The van der Waals surface area contributed by atoms with E-state index in [0.717, 1.165) is 15.0 Å². The van der Waals surface area contributed by atoms with Crippen molar-refractivity contribution in [1.82, 2.24) is 10.4 Å². The Bertz CT molecular complexity index is 345. The Balaban J connectivity index is 2.55. The Morgan fingerprint density at radius 1 is 1.69 bits per heavy atom. The van der Waals surface area contributed by atoms with E-state index in [1.54, 1.807) is 12.4 Å². The van der Waals surface area contributed by atoms with E-state index in [1.165, 1.54) is 0 Å². The van der Waals surface area contributed by atoms with Crippen molar-refractivity contribution >= 4 is 20.6 Å².